The minimum atomic E-state index is -0.0240. The van der Waals surface area contributed by atoms with Gasteiger partial charge in [-0.3, -0.25) is 9.89 Å². The minimum absolute atomic E-state index is 0. The average molecular weight is 287 g/mol. The van der Waals surface area contributed by atoms with Crippen LogP contribution in [0, 0.1) is 0 Å². The highest BCUT2D eigenvalue weighted by atomic mass is 35.5. The van der Waals surface area contributed by atoms with Gasteiger partial charge in [-0.2, -0.15) is 5.10 Å². The van der Waals surface area contributed by atoms with Crippen LogP contribution in [-0.4, -0.2) is 40.1 Å². The molecule has 1 amide bonds. The molecule has 19 heavy (non-hydrogen) atoms. The number of carbonyl (C=O) groups excluding carboxylic acids is 1. The second-order valence-corrected chi connectivity index (χ2v) is 5.95. The zero-order valence-corrected chi connectivity index (χ0v) is 12.6. The summed E-state index contributed by atoms with van der Waals surface area (Å²) >= 11 is 0. The molecule has 1 aliphatic heterocycles. The molecule has 0 aliphatic carbocycles. The van der Waals surface area contributed by atoms with Gasteiger partial charge in [-0.05, 0) is 18.9 Å². The molecule has 1 unspecified atom stereocenters. The van der Waals surface area contributed by atoms with Crippen LogP contribution in [0.5, 0.6) is 0 Å². The maximum absolute atomic E-state index is 12.3. The number of carbonyl (C=O) groups is 1. The summed E-state index contributed by atoms with van der Waals surface area (Å²) in [7, 11) is 0. The molecule has 0 aromatic carbocycles. The molecule has 108 valence electrons. The van der Waals surface area contributed by atoms with E-state index >= 15 is 0 Å². The number of rotatable bonds is 2. The average Bonchev–Trinajstić information content (AvgIpc) is 2.96. The molecule has 6 heteroatoms. The normalized spacial score (nSPS) is 19.4. The largest absolute Gasteiger partial charge is 0.333 e. The number of hydrogen-bond donors (Lipinski definition) is 2. The number of H-pyrrole nitrogens is 1. The van der Waals surface area contributed by atoms with Crippen molar-refractivity contribution in [2.45, 2.75) is 45.1 Å². The molecule has 1 saturated heterocycles. The van der Waals surface area contributed by atoms with Gasteiger partial charge in [0.1, 0.15) is 5.69 Å². The summed E-state index contributed by atoms with van der Waals surface area (Å²) in [4.78, 5) is 14.2. The van der Waals surface area contributed by atoms with Gasteiger partial charge in [-0.25, -0.2) is 0 Å². The molecule has 0 spiro atoms. The number of nitrogens with two attached hydrogens (primary N) is 1. The van der Waals surface area contributed by atoms with Gasteiger partial charge in [0.25, 0.3) is 5.91 Å². The number of halogens is 1. The molecule has 0 radical (unpaired) electrons. The van der Waals surface area contributed by atoms with Crippen LogP contribution in [0.1, 0.15) is 49.8 Å². The standard InChI is InChI=1S/C13H22N4O.ClH/c1-13(2,3)11-7-10(15-16-11)12(18)17-6-4-5-9(17)8-14;/h7,9H,4-6,8,14H2,1-3H3,(H,15,16);1H. The lowest BCUT2D eigenvalue weighted by Gasteiger charge is -2.22. The van der Waals surface area contributed by atoms with Crippen LogP contribution in [0.3, 0.4) is 0 Å². The lowest BCUT2D eigenvalue weighted by Crippen LogP contribution is -2.40. The number of aromatic nitrogens is 2. The number of nitrogens with one attached hydrogen (secondary N) is 1. The molecule has 1 aromatic heterocycles. The van der Waals surface area contributed by atoms with Crippen LogP contribution in [-0.2, 0) is 5.41 Å². The van der Waals surface area contributed by atoms with Crippen molar-refractivity contribution in [3.63, 3.8) is 0 Å². The van der Waals surface area contributed by atoms with Crippen molar-refractivity contribution in [3.8, 4) is 0 Å². The van der Waals surface area contributed by atoms with E-state index in [4.69, 9.17) is 5.73 Å². The summed E-state index contributed by atoms with van der Waals surface area (Å²) in [6, 6.07) is 2.03. The summed E-state index contributed by atoms with van der Waals surface area (Å²) in [5, 5.41) is 7.09. The fraction of sp³-hybridized carbons (Fsp3) is 0.692. The summed E-state index contributed by atoms with van der Waals surface area (Å²) in [6.07, 6.45) is 2.03. The Balaban J connectivity index is 0.00000180. The summed E-state index contributed by atoms with van der Waals surface area (Å²) in [5.41, 5.74) is 7.15. The third-order valence-electron chi connectivity index (χ3n) is 3.52. The van der Waals surface area contributed by atoms with Crippen molar-refractivity contribution in [1.29, 1.82) is 0 Å². The predicted molar refractivity (Wildman–Crippen MR) is 77.6 cm³/mol. The van der Waals surface area contributed by atoms with E-state index in [1.807, 2.05) is 11.0 Å². The van der Waals surface area contributed by atoms with Crippen molar-refractivity contribution in [2.24, 2.45) is 5.73 Å². The van der Waals surface area contributed by atoms with E-state index in [2.05, 4.69) is 31.0 Å². The molecule has 1 aromatic rings. The Labute approximate surface area is 120 Å². The molecular formula is C13H23ClN4O. The fourth-order valence-electron chi connectivity index (χ4n) is 2.31. The SMILES string of the molecule is CC(C)(C)c1cc(C(=O)N2CCCC2CN)n[nH]1.Cl. The van der Waals surface area contributed by atoms with Crippen LogP contribution < -0.4 is 5.73 Å². The second-order valence-electron chi connectivity index (χ2n) is 5.95. The first kappa shape index (κ1) is 16.0. The molecule has 1 atom stereocenters. The first-order valence-electron chi connectivity index (χ1n) is 6.50. The first-order valence-corrected chi connectivity index (χ1v) is 6.50. The Hall–Kier alpha value is -1.07. The van der Waals surface area contributed by atoms with Crippen molar-refractivity contribution in [3.05, 3.63) is 17.5 Å². The van der Waals surface area contributed by atoms with E-state index in [1.165, 1.54) is 0 Å². The van der Waals surface area contributed by atoms with Crippen LogP contribution in [0.4, 0.5) is 0 Å². The number of likely N-dealkylation sites (tertiary alicyclic amines) is 1. The molecule has 0 saturated carbocycles. The molecule has 0 bridgehead atoms. The minimum Gasteiger partial charge on any atom is -0.333 e. The van der Waals surface area contributed by atoms with E-state index in [1.54, 1.807) is 0 Å². The highest BCUT2D eigenvalue weighted by Gasteiger charge is 2.30. The van der Waals surface area contributed by atoms with Gasteiger partial charge in [0.05, 0.1) is 0 Å². The Bertz CT molecular complexity index is 438. The fourth-order valence-corrected chi connectivity index (χ4v) is 2.31. The molecule has 2 heterocycles. The zero-order valence-electron chi connectivity index (χ0n) is 11.8. The summed E-state index contributed by atoms with van der Waals surface area (Å²) < 4.78 is 0. The first-order chi connectivity index (χ1) is 8.43. The second kappa shape index (κ2) is 5.92. The third-order valence-corrected chi connectivity index (χ3v) is 3.52. The van der Waals surface area contributed by atoms with Crippen molar-refractivity contribution < 1.29 is 4.79 Å². The Morgan fingerprint density at radius 3 is 2.79 bits per heavy atom. The third kappa shape index (κ3) is 3.28. The van der Waals surface area contributed by atoms with Crippen LogP contribution in [0.25, 0.3) is 0 Å². The number of hydrogen-bond acceptors (Lipinski definition) is 3. The number of aromatic amines is 1. The van der Waals surface area contributed by atoms with Crippen LogP contribution in [0.2, 0.25) is 0 Å². The molecule has 1 aliphatic rings. The van der Waals surface area contributed by atoms with Gasteiger partial charge < -0.3 is 10.6 Å². The van der Waals surface area contributed by atoms with Crippen molar-refractivity contribution in [1.82, 2.24) is 15.1 Å². The molecule has 5 nitrogen and oxygen atoms in total. The topological polar surface area (TPSA) is 75.0 Å². The van der Waals surface area contributed by atoms with Gasteiger partial charge in [0.15, 0.2) is 0 Å². The predicted octanol–water partition coefficient (Wildman–Crippen LogP) is 1.69. The molecular weight excluding hydrogens is 264 g/mol. The summed E-state index contributed by atoms with van der Waals surface area (Å²) in [6.45, 7) is 7.59. The maximum Gasteiger partial charge on any atom is 0.274 e. The maximum atomic E-state index is 12.3. The van der Waals surface area contributed by atoms with Gasteiger partial charge >= 0.3 is 0 Å². The number of nitrogens with zero attached hydrogens (tertiary/aromatic N) is 2. The lowest BCUT2D eigenvalue weighted by atomic mass is 9.92. The van der Waals surface area contributed by atoms with E-state index in [9.17, 15) is 4.79 Å². The van der Waals surface area contributed by atoms with Crippen molar-refractivity contribution >= 4 is 18.3 Å². The smallest absolute Gasteiger partial charge is 0.274 e. The molecule has 1 fully saturated rings. The monoisotopic (exact) mass is 286 g/mol. The number of amides is 1. The molecule has 3 N–H and O–H groups in total. The zero-order chi connectivity index (χ0) is 13.3. The Morgan fingerprint density at radius 2 is 2.26 bits per heavy atom. The van der Waals surface area contributed by atoms with Gasteiger partial charge in [-0.15, -0.1) is 12.4 Å². The lowest BCUT2D eigenvalue weighted by molar-refractivity contribution is 0.0735. The quantitative estimate of drug-likeness (QED) is 0.869. The van der Waals surface area contributed by atoms with Gasteiger partial charge in [0.2, 0.25) is 0 Å². The Kier molecular flexibility index (Phi) is 4.98. The highest BCUT2D eigenvalue weighted by Crippen LogP contribution is 2.23. The van der Waals surface area contributed by atoms with E-state index in [-0.39, 0.29) is 29.8 Å². The van der Waals surface area contributed by atoms with Gasteiger partial charge in [-0.1, -0.05) is 20.8 Å². The van der Waals surface area contributed by atoms with E-state index in [0.717, 1.165) is 25.1 Å². The Morgan fingerprint density at radius 1 is 1.58 bits per heavy atom. The highest BCUT2D eigenvalue weighted by molar-refractivity contribution is 5.92. The molecule has 2 rings (SSSR count). The van der Waals surface area contributed by atoms with Gasteiger partial charge in [0, 0.05) is 30.2 Å². The summed E-state index contributed by atoms with van der Waals surface area (Å²) in [5.74, 6) is -0.00491. The van der Waals surface area contributed by atoms with Crippen LogP contribution >= 0.6 is 12.4 Å². The van der Waals surface area contributed by atoms with E-state index in [0.29, 0.717) is 12.2 Å². The van der Waals surface area contributed by atoms with Crippen LogP contribution in [0.15, 0.2) is 6.07 Å². The van der Waals surface area contributed by atoms with E-state index < -0.39 is 0 Å². The van der Waals surface area contributed by atoms with Crippen molar-refractivity contribution in [2.75, 3.05) is 13.1 Å².